The third kappa shape index (κ3) is 4.69. The van der Waals surface area contributed by atoms with Gasteiger partial charge in [0.15, 0.2) is 5.69 Å². The second-order valence-corrected chi connectivity index (χ2v) is 7.05. The number of piperidine rings is 1. The third-order valence-electron chi connectivity index (χ3n) is 5.33. The monoisotopic (exact) mass is 390 g/mol. The lowest BCUT2D eigenvalue weighted by Gasteiger charge is -2.32. The molecule has 2 N–H and O–H groups in total. The lowest BCUT2D eigenvalue weighted by atomic mass is 10.0. The number of hydrogen-bond donors (Lipinski definition) is 2. The van der Waals surface area contributed by atoms with Crippen molar-refractivity contribution in [3.05, 3.63) is 52.8 Å². The van der Waals surface area contributed by atoms with E-state index in [1.54, 1.807) is 0 Å². The fourth-order valence-corrected chi connectivity index (χ4v) is 3.77. The lowest BCUT2D eigenvalue weighted by Crippen LogP contribution is -2.41. The van der Waals surface area contributed by atoms with E-state index in [0.29, 0.717) is 5.69 Å². The van der Waals surface area contributed by atoms with Crippen molar-refractivity contribution in [3.63, 3.8) is 0 Å². The van der Waals surface area contributed by atoms with E-state index in [2.05, 4.69) is 39.8 Å². The van der Waals surface area contributed by atoms with E-state index in [-0.39, 0.29) is 24.4 Å². The van der Waals surface area contributed by atoms with Crippen molar-refractivity contribution >= 4 is 18.3 Å². The Bertz CT molecular complexity index is 742. The fourth-order valence-electron chi connectivity index (χ4n) is 3.77. The minimum absolute atomic E-state index is 0. The number of rotatable bonds is 5. The molecule has 0 unspecified atom stereocenters. The second-order valence-electron chi connectivity index (χ2n) is 7.05. The summed E-state index contributed by atoms with van der Waals surface area (Å²) in [5, 5.41) is 10.6. The van der Waals surface area contributed by atoms with Crippen LogP contribution in [0.4, 0.5) is 0 Å². The number of benzene rings is 1. The van der Waals surface area contributed by atoms with Crippen molar-refractivity contribution in [2.75, 3.05) is 26.2 Å². The molecule has 2 aromatic rings. The van der Waals surface area contributed by atoms with Crippen molar-refractivity contribution in [1.29, 1.82) is 0 Å². The Labute approximate surface area is 166 Å². The zero-order valence-corrected chi connectivity index (χ0v) is 16.3. The number of hydrogen-bond acceptors (Lipinski definition) is 4. The van der Waals surface area contributed by atoms with E-state index < -0.39 is 0 Å². The van der Waals surface area contributed by atoms with Crippen LogP contribution in [0.1, 0.15) is 40.2 Å². The van der Waals surface area contributed by atoms with E-state index in [1.165, 1.54) is 5.56 Å². The van der Waals surface area contributed by atoms with E-state index >= 15 is 0 Å². The summed E-state index contributed by atoms with van der Waals surface area (Å²) in [4.78, 5) is 14.7. The molecule has 0 aliphatic carbocycles. The molecule has 0 bridgehead atoms. The Morgan fingerprint density at radius 2 is 2.00 bits per heavy atom. The van der Waals surface area contributed by atoms with Crippen molar-refractivity contribution in [3.8, 4) is 0 Å². The normalized spacial score (nSPS) is 17.3. The minimum Gasteiger partial charge on any atom is -0.378 e. The molecule has 146 valence electrons. The topological polar surface area (TPSA) is 70.2 Å². The van der Waals surface area contributed by atoms with Gasteiger partial charge in [0.05, 0.1) is 12.7 Å². The van der Waals surface area contributed by atoms with Gasteiger partial charge in [-0.15, -0.1) is 12.4 Å². The van der Waals surface area contributed by atoms with Gasteiger partial charge in [-0.3, -0.25) is 9.89 Å². The Morgan fingerprint density at radius 3 is 2.78 bits per heavy atom. The van der Waals surface area contributed by atoms with Crippen LogP contribution in [0.5, 0.6) is 0 Å². The summed E-state index contributed by atoms with van der Waals surface area (Å²) in [6, 6.07) is 10.4. The van der Waals surface area contributed by atoms with Gasteiger partial charge in [-0.2, -0.15) is 5.10 Å². The molecule has 0 spiro atoms. The number of ether oxygens (including phenoxy) is 1. The first-order chi connectivity index (χ1) is 12.8. The number of likely N-dealkylation sites (tertiary alicyclic amines) is 1. The maximum Gasteiger partial charge on any atom is 0.274 e. The summed E-state index contributed by atoms with van der Waals surface area (Å²) >= 11 is 0. The van der Waals surface area contributed by atoms with Crippen LogP contribution < -0.4 is 5.32 Å². The van der Waals surface area contributed by atoms with Gasteiger partial charge in [-0.25, -0.2) is 0 Å². The Hall–Kier alpha value is -1.89. The molecule has 1 aromatic heterocycles. The fraction of sp³-hybridized carbons (Fsp3) is 0.500. The highest BCUT2D eigenvalue weighted by molar-refractivity contribution is 5.94. The number of nitrogens with one attached hydrogen (secondary N) is 2. The number of H-pyrrole nitrogens is 1. The standard InChI is InChI=1S/C20H26N4O2.ClH/c25-20(19-17-14-21-10-6-18(17)22-23-19)24-11-7-16(8-12-24)26-13-9-15-4-2-1-3-5-15;/h1-5,16,21H,6-14H2,(H,22,23);1H. The Kier molecular flexibility index (Phi) is 6.88. The molecule has 0 saturated carbocycles. The van der Waals surface area contributed by atoms with Gasteiger partial charge in [0, 0.05) is 43.9 Å². The molecule has 3 heterocycles. The third-order valence-corrected chi connectivity index (χ3v) is 5.33. The molecule has 4 rings (SSSR count). The number of amides is 1. The van der Waals surface area contributed by atoms with Gasteiger partial charge in [0.1, 0.15) is 0 Å². The molecule has 27 heavy (non-hydrogen) atoms. The smallest absolute Gasteiger partial charge is 0.274 e. The van der Waals surface area contributed by atoms with Crippen LogP contribution in [-0.2, 0) is 24.1 Å². The second kappa shape index (κ2) is 9.35. The molecule has 1 saturated heterocycles. The molecule has 1 amide bonds. The number of fused-ring (bicyclic) bond motifs is 1. The number of carbonyl (C=O) groups excluding carboxylic acids is 1. The Balaban J connectivity index is 0.00000210. The summed E-state index contributed by atoms with van der Waals surface area (Å²) in [7, 11) is 0. The van der Waals surface area contributed by atoms with Crippen molar-refractivity contribution in [2.45, 2.75) is 38.3 Å². The molecule has 2 aliphatic heterocycles. The maximum absolute atomic E-state index is 12.8. The maximum atomic E-state index is 12.8. The van der Waals surface area contributed by atoms with Crippen LogP contribution in [0.2, 0.25) is 0 Å². The summed E-state index contributed by atoms with van der Waals surface area (Å²) in [5.74, 6) is 0.0499. The zero-order valence-electron chi connectivity index (χ0n) is 15.4. The predicted octanol–water partition coefficient (Wildman–Crippen LogP) is 2.34. The van der Waals surface area contributed by atoms with Crippen molar-refractivity contribution in [2.24, 2.45) is 0 Å². The predicted molar refractivity (Wildman–Crippen MR) is 106 cm³/mol. The molecule has 1 aromatic carbocycles. The minimum atomic E-state index is 0. The van der Waals surface area contributed by atoms with Crippen LogP contribution in [-0.4, -0.2) is 53.3 Å². The molecule has 6 nitrogen and oxygen atoms in total. The molecule has 2 aliphatic rings. The SMILES string of the molecule is Cl.O=C(c1n[nH]c2c1CNCC2)N1CCC(OCCc2ccccc2)CC1. The van der Waals surface area contributed by atoms with Gasteiger partial charge >= 0.3 is 0 Å². The summed E-state index contributed by atoms with van der Waals surface area (Å²) in [6.45, 7) is 3.88. The van der Waals surface area contributed by atoms with Gasteiger partial charge in [0.2, 0.25) is 0 Å². The van der Waals surface area contributed by atoms with Crippen LogP contribution in [0.15, 0.2) is 30.3 Å². The average molecular weight is 391 g/mol. The molecule has 7 heteroatoms. The Morgan fingerprint density at radius 1 is 1.22 bits per heavy atom. The number of carbonyl (C=O) groups is 1. The lowest BCUT2D eigenvalue weighted by molar-refractivity contribution is 0.00985. The van der Waals surface area contributed by atoms with Gasteiger partial charge in [0.25, 0.3) is 5.91 Å². The number of aromatic nitrogens is 2. The first-order valence-corrected chi connectivity index (χ1v) is 9.53. The van der Waals surface area contributed by atoms with Gasteiger partial charge in [-0.05, 0) is 24.8 Å². The van der Waals surface area contributed by atoms with E-state index in [0.717, 1.165) is 69.7 Å². The highest BCUT2D eigenvalue weighted by atomic mass is 35.5. The van der Waals surface area contributed by atoms with Crippen LogP contribution in [0.25, 0.3) is 0 Å². The number of aromatic amines is 1. The zero-order chi connectivity index (χ0) is 17.8. The summed E-state index contributed by atoms with van der Waals surface area (Å²) in [6.07, 6.45) is 3.88. The number of halogens is 1. The van der Waals surface area contributed by atoms with Crippen LogP contribution in [0, 0.1) is 0 Å². The first-order valence-electron chi connectivity index (χ1n) is 9.53. The van der Waals surface area contributed by atoms with E-state index in [9.17, 15) is 4.79 Å². The van der Waals surface area contributed by atoms with Gasteiger partial charge in [-0.1, -0.05) is 30.3 Å². The highest BCUT2D eigenvalue weighted by Gasteiger charge is 2.28. The van der Waals surface area contributed by atoms with Crippen molar-refractivity contribution < 1.29 is 9.53 Å². The van der Waals surface area contributed by atoms with Crippen LogP contribution in [0.3, 0.4) is 0 Å². The molecule has 1 fully saturated rings. The molecular weight excluding hydrogens is 364 g/mol. The average Bonchev–Trinajstić information content (AvgIpc) is 3.13. The van der Waals surface area contributed by atoms with Crippen molar-refractivity contribution in [1.82, 2.24) is 20.4 Å². The molecule has 0 radical (unpaired) electrons. The van der Waals surface area contributed by atoms with Crippen LogP contribution >= 0.6 is 12.4 Å². The molecular formula is C20H27ClN4O2. The quantitative estimate of drug-likeness (QED) is 0.822. The highest BCUT2D eigenvalue weighted by Crippen LogP contribution is 2.20. The number of nitrogens with zero attached hydrogens (tertiary/aromatic N) is 2. The summed E-state index contributed by atoms with van der Waals surface area (Å²) < 4.78 is 6.03. The largest absolute Gasteiger partial charge is 0.378 e. The first kappa shape index (κ1) is 19.9. The van der Waals surface area contributed by atoms with E-state index in [4.69, 9.17) is 4.74 Å². The molecule has 0 atom stereocenters. The van der Waals surface area contributed by atoms with E-state index in [1.807, 2.05) is 11.0 Å². The summed E-state index contributed by atoms with van der Waals surface area (Å²) in [5.41, 5.74) is 4.04. The van der Waals surface area contributed by atoms with Gasteiger partial charge < -0.3 is 15.0 Å².